The Morgan fingerprint density at radius 1 is 0.912 bits per heavy atom. The maximum Gasteiger partial charge on any atom is 0.339 e. The second-order valence-corrected chi connectivity index (χ2v) is 9.49. The SMILES string of the molecule is COc1ccccc1NS(=O)(=O)c1ccc(C(=O)O[C@@H](C(=O)NC2CC2)c2ccccc2)cc1. The lowest BCUT2D eigenvalue weighted by molar-refractivity contribution is -0.130. The van der Waals surface area contributed by atoms with E-state index in [1.807, 2.05) is 0 Å². The Hall–Kier alpha value is -3.85. The van der Waals surface area contributed by atoms with Crippen molar-refractivity contribution in [1.82, 2.24) is 5.32 Å². The minimum atomic E-state index is -3.92. The molecule has 1 atom stereocenters. The Balaban J connectivity index is 1.49. The van der Waals surface area contributed by atoms with Crippen molar-refractivity contribution in [2.75, 3.05) is 11.8 Å². The highest BCUT2D eigenvalue weighted by molar-refractivity contribution is 7.92. The van der Waals surface area contributed by atoms with Gasteiger partial charge in [0.05, 0.1) is 23.3 Å². The van der Waals surface area contributed by atoms with Crippen LogP contribution in [0, 0.1) is 0 Å². The van der Waals surface area contributed by atoms with Crippen molar-refractivity contribution in [2.24, 2.45) is 0 Å². The first kappa shape index (κ1) is 23.3. The molecule has 0 aromatic heterocycles. The van der Waals surface area contributed by atoms with E-state index in [0.29, 0.717) is 17.0 Å². The van der Waals surface area contributed by atoms with Gasteiger partial charge in [-0.2, -0.15) is 0 Å². The number of para-hydroxylation sites is 2. The molecule has 8 nitrogen and oxygen atoms in total. The summed E-state index contributed by atoms with van der Waals surface area (Å²) in [6, 6.07) is 20.8. The van der Waals surface area contributed by atoms with E-state index in [9.17, 15) is 18.0 Å². The molecule has 0 radical (unpaired) electrons. The number of carbonyl (C=O) groups is 2. The Kier molecular flexibility index (Phi) is 6.83. The Bertz CT molecular complexity index is 1270. The molecule has 2 N–H and O–H groups in total. The number of methoxy groups -OCH3 is 1. The molecular formula is C25H24N2O6S. The molecule has 1 aliphatic rings. The lowest BCUT2D eigenvalue weighted by atomic mass is 10.1. The van der Waals surface area contributed by atoms with Gasteiger partial charge in [-0.15, -0.1) is 0 Å². The smallest absolute Gasteiger partial charge is 0.339 e. The van der Waals surface area contributed by atoms with Crippen LogP contribution in [-0.4, -0.2) is 33.4 Å². The van der Waals surface area contributed by atoms with Gasteiger partial charge in [-0.25, -0.2) is 13.2 Å². The van der Waals surface area contributed by atoms with Gasteiger partial charge in [0.2, 0.25) is 6.10 Å². The summed E-state index contributed by atoms with van der Waals surface area (Å²) in [4.78, 5) is 25.4. The summed E-state index contributed by atoms with van der Waals surface area (Å²) in [5.41, 5.74) is 0.964. The standard InChI is InChI=1S/C25H24N2O6S/c1-32-22-10-6-5-9-21(22)27-34(30,31)20-15-11-18(12-16-20)25(29)33-23(17-7-3-2-4-8-17)24(28)26-19-13-14-19/h2-12,15-16,19,23,27H,13-14H2,1H3,(H,26,28)/t23-/m1/s1. The zero-order valence-corrected chi connectivity index (χ0v) is 19.2. The van der Waals surface area contributed by atoms with Crippen molar-refractivity contribution in [3.63, 3.8) is 0 Å². The van der Waals surface area contributed by atoms with E-state index in [1.54, 1.807) is 54.6 Å². The van der Waals surface area contributed by atoms with Crippen molar-refractivity contribution in [3.05, 3.63) is 90.0 Å². The monoisotopic (exact) mass is 480 g/mol. The molecule has 0 unspecified atom stereocenters. The summed E-state index contributed by atoms with van der Waals surface area (Å²) in [6.07, 6.45) is 0.699. The number of hydrogen-bond donors (Lipinski definition) is 2. The molecule has 9 heteroatoms. The summed E-state index contributed by atoms with van der Waals surface area (Å²) in [5.74, 6) is -0.744. The minimum absolute atomic E-state index is 0.0407. The van der Waals surface area contributed by atoms with Gasteiger partial charge in [-0.1, -0.05) is 42.5 Å². The number of hydrogen-bond acceptors (Lipinski definition) is 6. The average Bonchev–Trinajstić information content (AvgIpc) is 3.67. The summed E-state index contributed by atoms with van der Waals surface area (Å²) < 4.78 is 38.7. The lowest BCUT2D eigenvalue weighted by Crippen LogP contribution is -2.33. The summed E-state index contributed by atoms with van der Waals surface area (Å²) in [6.45, 7) is 0. The predicted octanol–water partition coefficient (Wildman–Crippen LogP) is 3.67. The molecule has 0 saturated heterocycles. The lowest BCUT2D eigenvalue weighted by Gasteiger charge is -2.18. The van der Waals surface area contributed by atoms with Crippen molar-refractivity contribution >= 4 is 27.6 Å². The largest absolute Gasteiger partial charge is 0.495 e. The molecule has 3 aromatic carbocycles. The fourth-order valence-electron chi connectivity index (χ4n) is 3.28. The molecule has 1 fully saturated rings. The number of ether oxygens (including phenoxy) is 2. The van der Waals surface area contributed by atoms with Crippen LogP contribution in [0.1, 0.15) is 34.9 Å². The van der Waals surface area contributed by atoms with Crippen molar-refractivity contribution in [1.29, 1.82) is 0 Å². The maximum atomic E-state index is 12.8. The van der Waals surface area contributed by atoms with Crippen molar-refractivity contribution < 1.29 is 27.5 Å². The van der Waals surface area contributed by atoms with Crippen LogP contribution in [0.5, 0.6) is 5.75 Å². The van der Waals surface area contributed by atoms with Gasteiger partial charge in [0.25, 0.3) is 15.9 Å². The molecule has 34 heavy (non-hydrogen) atoms. The third kappa shape index (κ3) is 5.55. The molecular weight excluding hydrogens is 456 g/mol. The molecule has 0 heterocycles. The molecule has 0 bridgehead atoms. The van der Waals surface area contributed by atoms with Crippen LogP contribution >= 0.6 is 0 Å². The topological polar surface area (TPSA) is 111 Å². The number of rotatable bonds is 9. The molecule has 3 aromatic rings. The second-order valence-electron chi connectivity index (χ2n) is 7.81. The van der Waals surface area contributed by atoms with Gasteiger partial charge in [0.1, 0.15) is 5.75 Å². The third-order valence-electron chi connectivity index (χ3n) is 5.24. The number of anilines is 1. The molecule has 176 valence electrons. The van der Waals surface area contributed by atoms with E-state index in [4.69, 9.17) is 9.47 Å². The second kappa shape index (κ2) is 9.96. The van der Waals surface area contributed by atoms with E-state index < -0.39 is 22.1 Å². The minimum Gasteiger partial charge on any atom is -0.495 e. The Labute approximate surface area is 198 Å². The van der Waals surface area contributed by atoms with Crippen LogP contribution in [0.4, 0.5) is 5.69 Å². The highest BCUT2D eigenvalue weighted by atomic mass is 32.2. The maximum absolute atomic E-state index is 12.8. The summed E-state index contributed by atoms with van der Waals surface area (Å²) in [5, 5.41) is 2.86. The van der Waals surface area contributed by atoms with Gasteiger partial charge in [0.15, 0.2) is 0 Å². The average molecular weight is 481 g/mol. The van der Waals surface area contributed by atoms with Crippen molar-refractivity contribution in [3.8, 4) is 5.75 Å². The van der Waals surface area contributed by atoms with E-state index in [0.717, 1.165) is 12.8 Å². The molecule has 0 spiro atoms. The van der Waals surface area contributed by atoms with Crippen LogP contribution in [0.2, 0.25) is 0 Å². The van der Waals surface area contributed by atoms with Gasteiger partial charge in [-0.05, 0) is 49.2 Å². The number of esters is 1. The fourth-order valence-corrected chi connectivity index (χ4v) is 4.35. The summed E-state index contributed by atoms with van der Waals surface area (Å²) >= 11 is 0. The first-order valence-electron chi connectivity index (χ1n) is 10.7. The van der Waals surface area contributed by atoms with E-state index >= 15 is 0 Å². The summed E-state index contributed by atoms with van der Waals surface area (Å²) in [7, 11) is -2.48. The highest BCUT2D eigenvalue weighted by Crippen LogP contribution is 2.27. The molecule has 0 aliphatic heterocycles. The molecule has 4 rings (SSSR count). The van der Waals surface area contributed by atoms with E-state index in [-0.39, 0.29) is 22.4 Å². The van der Waals surface area contributed by atoms with E-state index in [2.05, 4.69) is 10.0 Å². The quantitative estimate of drug-likeness (QED) is 0.452. The molecule has 1 amide bonds. The van der Waals surface area contributed by atoms with Crippen molar-refractivity contribution in [2.45, 2.75) is 29.9 Å². The first-order valence-corrected chi connectivity index (χ1v) is 12.2. The van der Waals surface area contributed by atoms with Crippen LogP contribution in [0.15, 0.2) is 83.8 Å². The fraction of sp³-hybridized carbons (Fsp3) is 0.200. The van der Waals surface area contributed by atoms with Gasteiger partial charge in [0, 0.05) is 11.6 Å². The molecule has 1 aliphatic carbocycles. The van der Waals surface area contributed by atoms with Gasteiger partial charge < -0.3 is 14.8 Å². The molecule has 1 saturated carbocycles. The predicted molar refractivity (Wildman–Crippen MR) is 126 cm³/mol. The first-order chi connectivity index (χ1) is 16.4. The third-order valence-corrected chi connectivity index (χ3v) is 6.62. The van der Waals surface area contributed by atoms with Crippen LogP contribution < -0.4 is 14.8 Å². The number of benzene rings is 3. The Morgan fingerprint density at radius 2 is 1.56 bits per heavy atom. The van der Waals surface area contributed by atoms with E-state index in [1.165, 1.54) is 31.4 Å². The van der Waals surface area contributed by atoms with Crippen LogP contribution in [0.25, 0.3) is 0 Å². The number of amides is 1. The normalized spacial score (nSPS) is 14.0. The zero-order valence-electron chi connectivity index (χ0n) is 18.4. The zero-order chi connectivity index (χ0) is 24.1. The number of carbonyl (C=O) groups excluding carboxylic acids is 2. The van der Waals surface area contributed by atoms with Crippen LogP contribution in [-0.2, 0) is 19.6 Å². The highest BCUT2D eigenvalue weighted by Gasteiger charge is 2.31. The van der Waals surface area contributed by atoms with Gasteiger partial charge in [-0.3, -0.25) is 9.52 Å². The Morgan fingerprint density at radius 3 is 2.21 bits per heavy atom. The van der Waals surface area contributed by atoms with Crippen LogP contribution in [0.3, 0.4) is 0 Å². The van der Waals surface area contributed by atoms with Gasteiger partial charge >= 0.3 is 5.97 Å². The number of nitrogens with one attached hydrogen (secondary N) is 2. The number of sulfonamides is 1.